The third-order valence-electron chi connectivity index (χ3n) is 6.25. The maximum Gasteiger partial charge on any atom is 0.326 e. The molecule has 9 nitrogen and oxygen atoms in total. The van der Waals surface area contributed by atoms with Crippen molar-refractivity contribution in [2.75, 3.05) is 32.8 Å². The summed E-state index contributed by atoms with van der Waals surface area (Å²) in [5, 5.41) is 12.1. The molecule has 0 bridgehead atoms. The van der Waals surface area contributed by atoms with Crippen LogP contribution in [0.4, 0.5) is 4.79 Å². The summed E-state index contributed by atoms with van der Waals surface area (Å²) >= 11 is 0. The van der Waals surface area contributed by atoms with Gasteiger partial charge in [-0.15, -0.1) is 0 Å². The molecular formula is C20H25N5O4S. The number of benzene rings is 1. The molecule has 1 aromatic rings. The summed E-state index contributed by atoms with van der Waals surface area (Å²) in [6, 6.07) is 7.73. The molecule has 4 rings (SSSR count). The van der Waals surface area contributed by atoms with Crippen molar-refractivity contribution in [2.45, 2.75) is 42.5 Å². The zero-order valence-corrected chi connectivity index (χ0v) is 17.5. The maximum absolute atomic E-state index is 13.0. The van der Waals surface area contributed by atoms with Crippen molar-refractivity contribution in [3.8, 4) is 6.07 Å². The van der Waals surface area contributed by atoms with Crippen molar-refractivity contribution >= 4 is 22.0 Å². The molecule has 3 fully saturated rings. The molecule has 0 aromatic heterocycles. The van der Waals surface area contributed by atoms with Crippen molar-refractivity contribution in [3.63, 3.8) is 0 Å². The molecule has 2 saturated heterocycles. The third kappa shape index (κ3) is 3.57. The van der Waals surface area contributed by atoms with Gasteiger partial charge in [0, 0.05) is 26.2 Å². The lowest BCUT2D eigenvalue weighted by Crippen LogP contribution is -2.53. The number of nitrogens with zero attached hydrogens (tertiary/aromatic N) is 4. The van der Waals surface area contributed by atoms with Crippen LogP contribution in [0.5, 0.6) is 0 Å². The fourth-order valence-corrected chi connectivity index (χ4v) is 6.10. The highest BCUT2D eigenvalue weighted by Gasteiger charge is 2.51. The van der Waals surface area contributed by atoms with Crippen LogP contribution < -0.4 is 5.32 Å². The van der Waals surface area contributed by atoms with Gasteiger partial charge in [-0.3, -0.25) is 9.69 Å². The van der Waals surface area contributed by atoms with Crippen molar-refractivity contribution in [1.29, 1.82) is 5.26 Å². The monoisotopic (exact) mass is 431 g/mol. The Morgan fingerprint density at radius 2 is 1.70 bits per heavy atom. The molecule has 1 aromatic carbocycles. The number of rotatable bonds is 4. The highest BCUT2D eigenvalue weighted by Crippen LogP contribution is 2.33. The summed E-state index contributed by atoms with van der Waals surface area (Å²) < 4.78 is 27.3. The number of amides is 3. The van der Waals surface area contributed by atoms with Gasteiger partial charge < -0.3 is 5.32 Å². The van der Waals surface area contributed by atoms with Crippen LogP contribution in [0.15, 0.2) is 29.2 Å². The van der Waals surface area contributed by atoms with E-state index in [1.807, 2.05) is 11.0 Å². The molecule has 1 N–H and O–H groups in total. The van der Waals surface area contributed by atoms with Gasteiger partial charge in [0.25, 0.3) is 5.91 Å². The Kier molecular flexibility index (Phi) is 5.53. The quantitative estimate of drug-likeness (QED) is 0.714. The predicted molar refractivity (Wildman–Crippen MR) is 108 cm³/mol. The number of nitrogens with one attached hydrogen (secondary N) is 1. The van der Waals surface area contributed by atoms with E-state index in [1.165, 1.54) is 21.3 Å². The molecule has 1 aliphatic carbocycles. The Hall–Kier alpha value is -2.48. The number of sulfonamides is 1. The minimum absolute atomic E-state index is 0.00860. The van der Waals surface area contributed by atoms with Crippen LogP contribution in [0.2, 0.25) is 0 Å². The van der Waals surface area contributed by atoms with E-state index in [-0.39, 0.29) is 42.2 Å². The van der Waals surface area contributed by atoms with Crippen molar-refractivity contribution in [3.05, 3.63) is 29.8 Å². The second-order valence-corrected chi connectivity index (χ2v) is 9.98. The molecule has 1 saturated carbocycles. The first kappa shape index (κ1) is 20.8. The molecule has 2 aliphatic heterocycles. The SMILES string of the molecule is N#Cc1ccccc1S(=O)(=O)N1CCN(CN2C(=O)NC3(CCCCC3)C2=O)CC1. The van der Waals surface area contributed by atoms with Crippen LogP contribution in [0.25, 0.3) is 0 Å². The number of hydrogen-bond donors (Lipinski definition) is 1. The summed E-state index contributed by atoms with van der Waals surface area (Å²) in [5.41, 5.74) is -0.626. The van der Waals surface area contributed by atoms with E-state index in [9.17, 15) is 23.3 Å². The third-order valence-corrected chi connectivity index (χ3v) is 8.21. The summed E-state index contributed by atoms with van der Waals surface area (Å²) in [6.07, 6.45) is 4.30. The number of piperazine rings is 1. The van der Waals surface area contributed by atoms with Crippen LogP contribution in [0, 0.1) is 11.3 Å². The van der Waals surface area contributed by atoms with Gasteiger partial charge >= 0.3 is 6.03 Å². The fraction of sp³-hybridized carbons (Fsp3) is 0.550. The summed E-state index contributed by atoms with van der Waals surface area (Å²) in [7, 11) is -3.77. The number of urea groups is 1. The number of hydrogen-bond acceptors (Lipinski definition) is 6. The lowest BCUT2D eigenvalue weighted by atomic mass is 9.82. The van der Waals surface area contributed by atoms with Gasteiger partial charge in [-0.2, -0.15) is 9.57 Å². The molecule has 160 valence electrons. The first-order valence-electron chi connectivity index (χ1n) is 10.2. The number of carbonyl (C=O) groups is 2. The Bertz CT molecular complexity index is 989. The molecule has 2 heterocycles. The van der Waals surface area contributed by atoms with Crippen LogP contribution >= 0.6 is 0 Å². The average molecular weight is 432 g/mol. The minimum atomic E-state index is -3.77. The van der Waals surface area contributed by atoms with Gasteiger partial charge in [0.15, 0.2) is 0 Å². The largest absolute Gasteiger partial charge is 0.326 e. The predicted octanol–water partition coefficient (Wildman–Crippen LogP) is 1.08. The van der Waals surface area contributed by atoms with Crippen LogP contribution in [-0.4, -0.2) is 72.8 Å². The summed E-state index contributed by atoms with van der Waals surface area (Å²) in [4.78, 5) is 28.6. The standard InChI is InChI=1S/C20H25N5O4S/c21-14-16-6-2-3-7-17(16)30(28,29)24-12-10-23(11-13-24)15-25-18(26)20(22-19(25)27)8-4-1-5-9-20/h2-3,6-7H,1,4-5,8-13,15H2,(H,22,27). The zero-order valence-electron chi connectivity index (χ0n) is 16.7. The van der Waals surface area contributed by atoms with E-state index < -0.39 is 15.6 Å². The van der Waals surface area contributed by atoms with Gasteiger partial charge in [0.1, 0.15) is 11.6 Å². The van der Waals surface area contributed by atoms with Gasteiger partial charge in [0.2, 0.25) is 10.0 Å². The summed E-state index contributed by atoms with van der Waals surface area (Å²) in [5.74, 6) is -0.162. The first-order valence-corrected chi connectivity index (χ1v) is 11.7. The molecule has 0 atom stereocenters. The lowest BCUT2D eigenvalue weighted by molar-refractivity contribution is -0.134. The van der Waals surface area contributed by atoms with E-state index in [0.717, 1.165) is 19.3 Å². The topological polar surface area (TPSA) is 114 Å². The van der Waals surface area contributed by atoms with Crippen LogP contribution in [-0.2, 0) is 14.8 Å². The summed E-state index contributed by atoms with van der Waals surface area (Å²) in [6.45, 7) is 1.43. The van der Waals surface area contributed by atoms with Crippen molar-refractivity contribution in [2.24, 2.45) is 0 Å². The molecule has 3 aliphatic rings. The lowest BCUT2D eigenvalue weighted by Gasteiger charge is -2.36. The Labute approximate surface area is 176 Å². The van der Waals surface area contributed by atoms with Gasteiger partial charge in [-0.1, -0.05) is 31.4 Å². The number of imide groups is 1. The van der Waals surface area contributed by atoms with E-state index in [2.05, 4.69) is 5.32 Å². The van der Waals surface area contributed by atoms with E-state index >= 15 is 0 Å². The Morgan fingerprint density at radius 3 is 2.37 bits per heavy atom. The number of carbonyl (C=O) groups excluding carboxylic acids is 2. The van der Waals surface area contributed by atoms with E-state index in [1.54, 1.807) is 12.1 Å². The second-order valence-electron chi connectivity index (χ2n) is 8.08. The highest BCUT2D eigenvalue weighted by molar-refractivity contribution is 7.89. The molecule has 0 radical (unpaired) electrons. The Balaban J connectivity index is 1.40. The van der Waals surface area contributed by atoms with Gasteiger partial charge in [-0.05, 0) is 25.0 Å². The van der Waals surface area contributed by atoms with E-state index in [4.69, 9.17) is 0 Å². The van der Waals surface area contributed by atoms with Crippen LogP contribution in [0.3, 0.4) is 0 Å². The van der Waals surface area contributed by atoms with E-state index in [0.29, 0.717) is 25.9 Å². The highest BCUT2D eigenvalue weighted by atomic mass is 32.2. The van der Waals surface area contributed by atoms with Crippen molar-refractivity contribution < 1.29 is 18.0 Å². The molecule has 3 amide bonds. The average Bonchev–Trinajstić information content (AvgIpc) is 2.98. The molecular weight excluding hydrogens is 406 g/mol. The number of nitriles is 1. The van der Waals surface area contributed by atoms with Crippen LogP contribution in [0.1, 0.15) is 37.7 Å². The minimum Gasteiger partial charge on any atom is -0.323 e. The molecule has 0 unspecified atom stereocenters. The van der Waals surface area contributed by atoms with Gasteiger partial charge in [-0.25, -0.2) is 18.1 Å². The fourth-order valence-electron chi connectivity index (χ4n) is 4.53. The van der Waals surface area contributed by atoms with Crippen molar-refractivity contribution in [1.82, 2.24) is 19.4 Å². The smallest absolute Gasteiger partial charge is 0.323 e. The molecule has 1 spiro atoms. The van der Waals surface area contributed by atoms with Gasteiger partial charge in [0.05, 0.1) is 17.1 Å². The molecule has 10 heteroatoms. The Morgan fingerprint density at radius 1 is 1.03 bits per heavy atom. The molecule has 30 heavy (non-hydrogen) atoms. The second kappa shape index (κ2) is 7.98. The normalized spacial score (nSPS) is 22.8. The first-order chi connectivity index (χ1) is 14.4. The maximum atomic E-state index is 13.0. The zero-order chi connectivity index (χ0) is 21.4.